The van der Waals surface area contributed by atoms with E-state index in [9.17, 15) is 9.90 Å². The summed E-state index contributed by atoms with van der Waals surface area (Å²) >= 11 is 0. The van der Waals surface area contributed by atoms with Crippen molar-refractivity contribution in [3.63, 3.8) is 0 Å². The third kappa shape index (κ3) is 2.48. The number of hydrogen-bond acceptors (Lipinski definition) is 2. The molecule has 0 aliphatic rings. The van der Waals surface area contributed by atoms with E-state index in [1.54, 1.807) is 23.1 Å². The number of nitrogens with one attached hydrogen (secondary N) is 1. The Balaban J connectivity index is 1.98. The minimum Gasteiger partial charge on any atom is -0.508 e. The number of carbonyl (C=O) groups excluding carboxylic acids is 1. The Kier molecular flexibility index (Phi) is 3.36. The van der Waals surface area contributed by atoms with E-state index in [4.69, 9.17) is 0 Å². The van der Waals surface area contributed by atoms with Gasteiger partial charge >= 0.3 is 0 Å². The van der Waals surface area contributed by atoms with E-state index in [0.717, 1.165) is 10.9 Å². The van der Waals surface area contributed by atoms with Gasteiger partial charge in [0.2, 0.25) is 0 Å². The molecule has 4 heteroatoms. The van der Waals surface area contributed by atoms with Crippen LogP contribution in [0.25, 0.3) is 10.9 Å². The zero-order valence-corrected chi connectivity index (χ0v) is 11.7. The number of aromatic nitrogens is 1. The van der Waals surface area contributed by atoms with Crippen molar-refractivity contribution in [2.75, 3.05) is 11.4 Å². The molecule has 0 bridgehead atoms. The Morgan fingerprint density at radius 1 is 1.19 bits per heavy atom. The van der Waals surface area contributed by atoms with Crippen LogP contribution in [0.5, 0.6) is 5.75 Å². The normalized spacial score (nSPS) is 10.7. The fourth-order valence-electron chi connectivity index (χ4n) is 2.45. The molecule has 0 atom stereocenters. The maximum absolute atomic E-state index is 12.7. The van der Waals surface area contributed by atoms with Crippen LogP contribution in [-0.2, 0) is 0 Å². The van der Waals surface area contributed by atoms with Gasteiger partial charge in [-0.3, -0.25) is 4.79 Å². The summed E-state index contributed by atoms with van der Waals surface area (Å²) in [6.07, 6.45) is 1.85. The molecular formula is C17H16N2O2. The van der Waals surface area contributed by atoms with Gasteiger partial charge in [-0.1, -0.05) is 6.07 Å². The Bertz CT molecular complexity index is 792. The summed E-state index contributed by atoms with van der Waals surface area (Å²) in [7, 11) is 0. The topological polar surface area (TPSA) is 56.3 Å². The molecule has 1 aromatic heterocycles. The van der Waals surface area contributed by atoms with Crippen molar-refractivity contribution in [2.45, 2.75) is 6.92 Å². The van der Waals surface area contributed by atoms with Crippen LogP contribution in [0.2, 0.25) is 0 Å². The van der Waals surface area contributed by atoms with Gasteiger partial charge in [-0.15, -0.1) is 0 Å². The van der Waals surface area contributed by atoms with Gasteiger partial charge in [0.25, 0.3) is 5.91 Å². The third-order valence-corrected chi connectivity index (χ3v) is 3.50. The average molecular weight is 280 g/mol. The molecule has 0 saturated heterocycles. The minimum atomic E-state index is -0.0776. The van der Waals surface area contributed by atoms with Gasteiger partial charge in [0.1, 0.15) is 5.75 Å². The standard InChI is InChI=1S/C17H16N2O2/c1-2-19(14-4-3-5-15(20)11-14)17(21)13-6-7-16-12(10-13)8-9-18-16/h3-11,18,20H,2H2,1H3. The molecule has 0 unspecified atom stereocenters. The predicted molar refractivity (Wildman–Crippen MR) is 83.8 cm³/mol. The SMILES string of the molecule is CCN(C(=O)c1ccc2[nH]ccc2c1)c1cccc(O)c1. The number of amides is 1. The van der Waals surface area contributed by atoms with Crippen LogP contribution in [0.15, 0.2) is 54.7 Å². The molecule has 1 heterocycles. The lowest BCUT2D eigenvalue weighted by molar-refractivity contribution is 0.0988. The van der Waals surface area contributed by atoms with Gasteiger partial charge in [0.15, 0.2) is 0 Å². The summed E-state index contributed by atoms with van der Waals surface area (Å²) in [5.74, 6) is 0.0750. The molecule has 4 nitrogen and oxygen atoms in total. The highest BCUT2D eigenvalue weighted by Gasteiger charge is 2.16. The number of anilines is 1. The number of hydrogen-bond donors (Lipinski definition) is 2. The van der Waals surface area contributed by atoms with Crippen molar-refractivity contribution in [1.29, 1.82) is 0 Å². The molecule has 0 radical (unpaired) electrons. The lowest BCUT2D eigenvalue weighted by Gasteiger charge is -2.21. The van der Waals surface area contributed by atoms with Crippen molar-refractivity contribution < 1.29 is 9.90 Å². The maximum Gasteiger partial charge on any atom is 0.258 e. The number of H-pyrrole nitrogens is 1. The van der Waals surface area contributed by atoms with Crippen molar-refractivity contribution >= 4 is 22.5 Å². The number of phenolic OH excluding ortho intramolecular Hbond substituents is 1. The highest BCUT2D eigenvalue weighted by molar-refractivity contribution is 6.07. The van der Waals surface area contributed by atoms with Gasteiger partial charge in [0, 0.05) is 41.0 Å². The molecule has 21 heavy (non-hydrogen) atoms. The molecule has 1 amide bonds. The Labute approximate surface area is 122 Å². The van der Waals surface area contributed by atoms with Crippen molar-refractivity contribution in [1.82, 2.24) is 4.98 Å². The molecule has 3 rings (SSSR count). The van der Waals surface area contributed by atoms with Crippen LogP contribution in [0.1, 0.15) is 17.3 Å². The molecular weight excluding hydrogens is 264 g/mol. The highest BCUT2D eigenvalue weighted by atomic mass is 16.3. The van der Waals surface area contributed by atoms with Crippen LogP contribution in [0, 0.1) is 0 Å². The average Bonchev–Trinajstić information content (AvgIpc) is 2.95. The number of phenols is 1. The van der Waals surface area contributed by atoms with Gasteiger partial charge in [-0.05, 0) is 43.3 Å². The van der Waals surface area contributed by atoms with Gasteiger partial charge in [-0.25, -0.2) is 0 Å². The van der Waals surface area contributed by atoms with Crippen LogP contribution in [0.3, 0.4) is 0 Å². The van der Waals surface area contributed by atoms with Gasteiger partial charge < -0.3 is 15.0 Å². The largest absolute Gasteiger partial charge is 0.508 e. The van der Waals surface area contributed by atoms with E-state index in [0.29, 0.717) is 17.8 Å². The van der Waals surface area contributed by atoms with E-state index in [1.165, 1.54) is 0 Å². The first-order chi connectivity index (χ1) is 10.2. The summed E-state index contributed by atoms with van der Waals surface area (Å²) < 4.78 is 0. The van der Waals surface area contributed by atoms with E-state index in [1.807, 2.05) is 43.5 Å². The number of aromatic hydroxyl groups is 1. The van der Waals surface area contributed by atoms with E-state index >= 15 is 0 Å². The van der Waals surface area contributed by atoms with E-state index < -0.39 is 0 Å². The van der Waals surface area contributed by atoms with Gasteiger partial charge in [0.05, 0.1) is 0 Å². The second-order valence-electron chi connectivity index (χ2n) is 4.85. The van der Waals surface area contributed by atoms with Crippen LogP contribution >= 0.6 is 0 Å². The molecule has 0 aliphatic heterocycles. The van der Waals surface area contributed by atoms with Gasteiger partial charge in [-0.2, -0.15) is 0 Å². The zero-order valence-electron chi connectivity index (χ0n) is 11.7. The third-order valence-electron chi connectivity index (χ3n) is 3.50. The zero-order chi connectivity index (χ0) is 14.8. The van der Waals surface area contributed by atoms with Crippen LogP contribution in [0.4, 0.5) is 5.69 Å². The minimum absolute atomic E-state index is 0.0776. The molecule has 0 saturated carbocycles. The summed E-state index contributed by atoms with van der Waals surface area (Å²) in [6, 6.07) is 14.3. The number of fused-ring (bicyclic) bond motifs is 1. The fraction of sp³-hybridized carbons (Fsp3) is 0.118. The molecule has 2 aromatic carbocycles. The monoisotopic (exact) mass is 280 g/mol. The molecule has 106 valence electrons. The molecule has 3 aromatic rings. The Morgan fingerprint density at radius 2 is 2.05 bits per heavy atom. The van der Waals surface area contributed by atoms with Crippen molar-refractivity contribution in [2.24, 2.45) is 0 Å². The highest BCUT2D eigenvalue weighted by Crippen LogP contribution is 2.23. The number of nitrogens with zero attached hydrogens (tertiary/aromatic N) is 1. The Hall–Kier alpha value is -2.75. The Morgan fingerprint density at radius 3 is 2.81 bits per heavy atom. The smallest absolute Gasteiger partial charge is 0.258 e. The summed E-state index contributed by atoms with van der Waals surface area (Å²) in [4.78, 5) is 17.4. The van der Waals surface area contributed by atoms with Crippen LogP contribution in [-0.4, -0.2) is 22.5 Å². The number of benzene rings is 2. The first-order valence-corrected chi connectivity index (χ1v) is 6.87. The quantitative estimate of drug-likeness (QED) is 0.771. The lowest BCUT2D eigenvalue weighted by atomic mass is 10.1. The van der Waals surface area contributed by atoms with Crippen LogP contribution < -0.4 is 4.90 Å². The molecule has 2 N–H and O–H groups in total. The molecule has 0 spiro atoms. The number of aromatic amines is 1. The van der Waals surface area contributed by atoms with E-state index in [2.05, 4.69) is 4.98 Å². The maximum atomic E-state index is 12.7. The predicted octanol–water partition coefficient (Wildman–Crippen LogP) is 3.54. The number of carbonyl (C=O) groups is 1. The second-order valence-corrected chi connectivity index (χ2v) is 4.85. The fourth-order valence-corrected chi connectivity index (χ4v) is 2.45. The second kappa shape index (κ2) is 5.32. The number of rotatable bonds is 3. The molecule has 0 aliphatic carbocycles. The molecule has 0 fully saturated rings. The van der Waals surface area contributed by atoms with E-state index in [-0.39, 0.29) is 11.7 Å². The van der Waals surface area contributed by atoms with Crippen molar-refractivity contribution in [3.05, 3.63) is 60.3 Å². The summed E-state index contributed by atoms with van der Waals surface area (Å²) in [6.45, 7) is 2.45. The first kappa shape index (κ1) is 13.2. The lowest BCUT2D eigenvalue weighted by Crippen LogP contribution is -2.30. The summed E-state index contributed by atoms with van der Waals surface area (Å²) in [5.41, 5.74) is 2.33. The van der Waals surface area contributed by atoms with Crippen molar-refractivity contribution in [3.8, 4) is 5.75 Å². The first-order valence-electron chi connectivity index (χ1n) is 6.87. The summed E-state index contributed by atoms with van der Waals surface area (Å²) in [5, 5.41) is 10.6.